The third-order valence-corrected chi connectivity index (χ3v) is 1.87. The zero-order valence-corrected chi connectivity index (χ0v) is 8.42. The van der Waals surface area contributed by atoms with Gasteiger partial charge in [0.05, 0.1) is 0 Å². The first-order valence-electron chi connectivity index (χ1n) is 4.82. The molecule has 1 amide bonds. The van der Waals surface area contributed by atoms with Gasteiger partial charge in [0.1, 0.15) is 0 Å². The molecule has 0 spiro atoms. The quantitative estimate of drug-likeness (QED) is 0.544. The van der Waals surface area contributed by atoms with E-state index < -0.39 is 0 Å². The van der Waals surface area contributed by atoms with Gasteiger partial charge in [-0.15, -0.1) is 0 Å². The molecule has 0 aliphatic carbocycles. The average molecular weight is 192 g/mol. The fraction of sp³-hybridized carbons (Fsp3) is 0.364. The van der Waals surface area contributed by atoms with Crippen molar-refractivity contribution in [3.63, 3.8) is 0 Å². The molecule has 3 nitrogen and oxygen atoms in total. The maximum absolute atomic E-state index is 10.5. The molecule has 0 saturated heterocycles. The second-order valence-electron chi connectivity index (χ2n) is 3.20. The Morgan fingerprint density at radius 1 is 1.29 bits per heavy atom. The lowest BCUT2D eigenvalue weighted by Crippen LogP contribution is -2.36. The highest BCUT2D eigenvalue weighted by Crippen LogP contribution is 2.00. The summed E-state index contributed by atoms with van der Waals surface area (Å²) in [5.74, 6) is -0.0512. The van der Waals surface area contributed by atoms with Gasteiger partial charge < -0.3 is 0 Å². The minimum atomic E-state index is -0.0512. The van der Waals surface area contributed by atoms with Gasteiger partial charge in [0.25, 0.3) is 0 Å². The second-order valence-corrected chi connectivity index (χ2v) is 3.20. The van der Waals surface area contributed by atoms with Crippen molar-refractivity contribution in [2.75, 3.05) is 6.54 Å². The monoisotopic (exact) mass is 192 g/mol. The number of aryl methyl sites for hydroxylation is 1. The summed E-state index contributed by atoms with van der Waals surface area (Å²) in [4.78, 5) is 10.5. The molecule has 0 aliphatic heterocycles. The van der Waals surface area contributed by atoms with Gasteiger partial charge in [-0.2, -0.15) is 0 Å². The zero-order valence-electron chi connectivity index (χ0n) is 8.42. The molecular weight excluding hydrogens is 176 g/mol. The van der Waals surface area contributed by atoms with E-state index in [1.54, 1.807) is 0 Å². The molecule has 0 atom stereocenters. The number of carbonyl (C=O) groups is 1. The minimum Gasteiger partial charge on any atom is -0.292 e. The van der Waals surface area contributed by atoms with Crippen LogP contribution in [-0.2, 0) is 11.2 Å². The summed E-state index contributed by atoms with van der Waals surface area (Å²) in [6.07, 6.45) is 2.05. The van der Waals surface area contributed by atoms with E-state index in [4.69, 9.17) is 0 Å². The Labute approximate surface area is 84.5 Å². The predicted octanol–water partition coefficient (Wildman–Crippen LogP) is 1.26. The van der Waals surface area contributed by atoms with Crippen molar-refractivity contribution in [1.82, 2.24) is 10.9 Å². The smallest absolute Gasteiger partial charge is 0.230 e. The van der Waals surface area contributed by atoms with E-state index >= 15 is 0 Å². The number of amides is 1. The summed E-state index contributed by atoms with van der Waals surface area (Å²) < 4.78 is 0. The van der Waals surface area contributed by atoms with Crippen molar-refractivity contribution in [3.05, 3.63) is 35.9 Å². The molecule has 0 fully saturated rings. The van der Waals surface area contributed by atoms with Crippen molar-refractivity contribution in [2.24, 2.45) is 0 Å². The lowest BCUT2D eigenvalue weighted by Gasteiger charge is -2.04. The molecule has 0 aliphatic rings. The first-order chi connectivity index (χ1) is 6.79. The van der Waals surface area contributed by atoms with Gasteiger partial charge in [0, 0.05) is 13.5 Å². The third-order valence-electron chi connectivity index (χ3n) is 1.87. The number of hydrogen-bond acceptors (Lipinski definition) is 2. The van der Waals surface area contributed by atoms with Crippen LogP contribution in [0.5, 0.6) is 0 Å². The molecule has 76 valence electrons. The molecule has 3 heteroatoms. The summed E-state index contributed by atoms with van der Waals surface area (Å²) in [7, 11) is 0. The molecule has 0 saturated carbocycles. The molecule has 0 unspecified atom stereocenters. The van der Waals surface area contributed by atoms with Crippen LogP contribution in [-0.4, -0.2) is 12.5 Å². The van der Waals surface area contributed by atoms with Crippen LogP contribution < -0.4 is 10.9 Å². The lowest BCUT2D eigenvalue weighted by atomic mass is 10.1. The SMILES string of the molecule is CC(=O)NNCCCc1ccccc1. The van der Waals surface area contributed by atoms with Crippen LogP contribution in [0, 0.1) is 0 Å². The summed E-state index contributed by atoms with van der Waals surface area (Å²) in [5.41, 5.74) is 6.73. The number of carbonyl (C=O) groups excluding carboxylic acids is 1. The number of hydrogen-bond donors (Lipinski definition) is 2. The van der Waals surface area contributed by atoms with Gasteiger partial charge in [-0.05, 0) is 18.4 Å². The summed E-state index contributed by atoms with van der Waals surface area (Å²) in [5, 5.41) is 0. The zero-order chi connectivity index (χ0) is 10.2. The molecule has 0 radical (unpaired) electrons. The molecule has 0 bridgehead atoms. The fourth-order valence-electron chi connectivity index (χ4n) is 1.21. The van der Waals surface area contributed by atoms with E-state index in [9.17, 15) is 4.79 Å². The van der Waals surface area contributed by atoms with Crippen molar-refractivity contribution in [2.45, 2.75) is 19.8 Å². The molecule has 14 heavy (non-hydrogen) atoms. The Hall–Kier alpha value is -1.35. The van der Waals surface area contributed by atoms with Crippen LogP contribution in [0.2, 0.25) is 0 Å². The predicted molar refractivity (Wildman–Crippen MR) is 56.6 cm³/mol. The fourth-order valence-corrected chi connectivity index (χ4v) is 1.21. The molecular formula is C11H16N2O. The van der Waals surface area contributed by atoms with Crippen LogP contribution in [0.1, 0.15) is 18.9 Å². The van der Waals surface area contributed by atoms with E-state index in [-0.39, 0.29) is 5.91 Å². The van der Waals surface area contributed by atoms with Gasteiger partial charge in [0.2, 0.25) is 5.91 Å². The van der Waals surface area contributed by atoms with Crippen molar-refractivity contribution < 1.29 is 4.79 Å². The highest BCUT2D eigenvalue weighted by molar-refractivity contribution is 5.72. The Kier molecular flexibility index (Phi) is 4.72. The topological polar surface area (TPSA) is 41.1 Å². The molecule has 1 rings (SSSR count). The van der Waals surface area contributed by atoms with Gasteiger partial charge in [-0.1, -0.05) is 30.3 Å². The normalized spacial score (nSPS) is 9.79. The first kappa shape index (κ1) is 10.7. The van der Waals surface area contributed by atoms with Crippen LogP contribution in [0.4, 0.5) is 0 Å². The average Bonchev–Trinajstić information content (AvgIpc) is 2.18. The van der Waals surface area contributed by atoms with Crippen molar-refractivity contribution >= 4 is 5.91 Å². The number of nitrogens with one attached hydrogen (secondary N) is 2. The van der Waals surface area contributed by atoms with Gasteiger partial charge in [0.15, 0.2) is 0 Å². The molecule has 2 N–H and O–H groups in total. The molecule has 1 aromatic carbocycles. The third kappa shape index (κ3) is 4.62. The van der Waals surface area contributed by atoms with Crippen molar-refractivity contribution in [3.8, 4) is 0 Å². The Balaban J connectivity index is 2.08. The number of hydrazine groups is 1. The summed E-state index contributed by atoms with van der Waals surface area (Å²) >= 11 is 0. The van der Waals surface area contributed by atoms with Crippen LogP contribution in [0.25, 0.3) is 0 Å². The van der Waals surface area contributed by atoms with Gasteiger partial charge in [-0.25, -0.2) is 5.43 Å². The van der Waals surface area contributed by atoms with Crippen LogP contribution in [0.3, 0.4) is 0 Å². The standard InChI is InChI=1S/C11H16N2O/c1-10(14)13-12-9-5-8-11-6-3-2-4-7-11/h2-4,6-7,12H,5,8-9H2,1H3,(H,13,14). The van der Waals surface area contributed by atoms with E-state index in [2.05, 4.69) is 23.0 Å². The number of rotatable bonds is 5. The number of benzene rings is 1. The van der Waals surface area contributed by atoms with E-state index in [0.717, 1.165) is 19.4 Å². The summed E-state index contributed by atoms with van der Waals surface area (Å²) in [6, 6.07) is 10.3. The highest BCUT2D eigenvalue weighted by Gasteiger charge is 1.92. The van der Waals surface area contributed by atoms with Crippen LogP contribution >= 0.6 is 0 Å². The van der Waals surface area contributed by atoms with E-state index in [1.165, 1.54) is 12.5 Å². The first-order valence-corrected chi connectivity index (χ1v) is 4.82. The van der Waals surface area contributed by atoms with Crippen molar-refractivity contribution in [1.29, 1.82) is 0 Å². The largest absolute Gasteiger partial charge is 0.292 e. The maximum Gasteiger partial charge on any atom is 0.230 e. The Morgan fingerprint density at radius 2 is 2.00 bits per heavy atom. The van der Waals surface area contributed by atoms with E-state index in [0.29, 0.717) is 0 Å². The highest BCUT2D eigenvalue weighted by atomic mass is 16.2. The molecule has 0 heterocycles. The van der Waals surface area contributed by atoms with E-state index in [1.807, 2.05) is 18.2 Å². The molecule has 1 aromatic rings. The van der Waals surface area contributed by atoms with Gasteiger partial charge in [-0.3, -0.25) is 10.2 Å². The maximum atomic E-state index is 10.5. The molecule has 0 aromatic heterocycles. The van der Waals surface area contributed by atoms with Crippen LogP contribution in [0.15, 0.2) is 30.3 Å². The summed E-state index contributed by atoms with van der Waals surface area (Å²) in [6.45, 7) is 2.29. The Morgan fingerprint density at radius 3 is 2.64 bits per heavy atom. The van der Waals surface area contributed by atoms with Gasteiger partial charge >= 0.3 is 0 Å². The second kappa shape index (κ2) is 6.16. The Bertz CT molecular complexity index is 272. The lowest BCUT2D eigenvalue weighted by molar-refractivity contribution is -0.119. The minimum absolute atomic E-state index is 0.0512.